The largest absolute Gasteiger partial charge is 0.316 e. The van der Waals surface area contributed by atoms with E-state index in [1.807, 2.05) is 13.1 Å². The van der Waals surface area contributed by atoms with Crippen LogP contribution < -0.4 is 5.32 Å². The van der Waals surface area contributed by atoms with Crippen LogP contribution in [0.25, 0.3) is 5.57 Å². The fourth-order valence-electron chi connectivity index (χ4n) is 1.14. The third-order valence-electron chi connectivity index (χ3n) is 1.83. The lowest BCUT2D eigenvalue weighted by atomic mass is 10.1. The van der Waals surface area contributed by atoms with Crippen LogP contribution in [0, 0.1) is 0 Å². The van der Waals surface area contributed by atoms with Crippen LogP contribution in [0.4, 0.5) is 0 Å². The Morgan fingerprint density at radius 1 is 1.64 bits per heavy atom. The molecule has 0 amide bonds. The molecule has 0 aromatic carbocycles. The zero-order valence-electron chi connectivity index (χ0n) is 8.20. The van der Waals surface area contributed by atoms with Crippen molar-refractivity contribution in [3.8, 4) is 0 Å². The molecular formula is C10H14ClN3. The van der Waals surface area contributed by atoms with Crippen LogP contribution in [-0.2, 0) is 0 Å². The molecule has 0 aliphatic rings. The molecule has 0 fully saturated rings. The van der Waals surface area contributed by atoms with E-state index in [0.29, 0.717) is 5.88 Å². The van der Waals surface area contributed by atoms with E-state index in [0.717, 1.165) is 24.2 Å². The number of alkyl halides is 1. The van der Waals surface area contributed by atoms with Crippen molar-refractivity contribution < 1.29 is 0 Å². The fraction of sp³-hybridized carbons (Fsp3) is 0.400. The average Bonchev–Trinajstić information content (AvgIpc) is 2.25. The minimum absolute atomic E-state index is 0.611. The van der Waals surface area contributed by atoms with Crippen LogP contribution >= 0.6 is 11.6 Å². The van der Waals surface area contributed by atoms with Crippen molar-refractivity contribution in [3.05, 3.63) is 30.4 Å². The molecule has 1 rings (SSSR count). The summed E-state index contributed by atoms with van der Waals surface area (Å²) in [6, 6.07) is 1.90. The minimum Gasteiger partial charge on any atom is -0.316 e. The highest BCUT2D eigenvalue weighted by atomic mass is 35.5. The summed E-state index contributed by atoms with van der Waals surface area (Å²) in [6.45, 7) is 0.830. The summed E-state index contributed by atoms with van der Waals surface area (Å²) in [4.78, 5) is 8.07. The first-order valence-corrected chi connectivity index (χ1v) is 5.08. The van der Waals surface area contributed by atoms with Crippen molar-refractivity contribution >= 4 is 17.2 Å². The lowest BCUT2D eigenvalue weighted by Gasteiger charge is -2.04. The van der Waals surface area contributed by atoms with Crippen LogP contribution in [0.3, 0.4) is 0 Å². The first kappa shape index (κ1) is 11.1. The van der Waals surface area contributed by atoms with Gasteiger partial charge in [0, 0.05) is 18.6 Å². The maximum absolute atomic E-state index is 5.72. The van der Waals surface area contributed by atoms with Crippen molar-refractivity contribution in [3.63, 3.8) is 0 Å². The van der Waals surface area contributed by atoms with Gasteiger partial charge < -0.3 is 5.32 Å². The molecule has 1 aromatic rings. The van der Waals surface area contributed by atoms with Gasteiger partial charge in [-0.2, -0.15) is 0 Å². The zero-order valence-corrected chi connectivity index (χ0v) is 8.96. The van der Waals surface area contributed by atoms with Crippen molar-refractivity contribution in [2.45, 2.75) is 6.42 Å². The second-order valence-corrected chi connectivity index (χ2v) is 3.20. The molecule has 0 unspecified atom stereocenters. The predicted molar refractivity (Wildman–Crippen MR) is 59.3 cm³/mol. The molecule has 0 radical (unpaired) electrons. The Morgan fingerprint density at radius 3 is 3.07 bits per heavy atom. The number of halogens is 1. The number of hydrogen-bond donors (Lipinski definition) is 1. The van der Waals surface area contributed by atoms with E-state index < -0.39 is 0 Å². The molecule has 1 heterocycles. The Bertz CT molecular complexity index is 285. The van der Waals surface area contributed by atoms with E-state index in [-0.39, 0.29) is 0 Å². The Balaban J connectivity index is 2.77. The Labute approximate surface area is 89.2 Å². The molecule has 1 N–H and O–H groups in total. The van der Waals surface area contributed by atoms with Gasteiger partial charge in [-0.1, -0.05) is 6.08 Å². The van der Waals surface area contributed by atoms with Gasteiger partial charge in [-0.25, -0.2) is 9.97 Å². The summed E-state index contributed by atoms with van der Waals surface area (Å²) in [5.74, 6) is 0.611. The molecule has 0 saturated carbocycles. The number of allylic oxidation sites excluding steroid dienone is 1. The van der Waals surface area contributed by atoms with Gasteiger partial charge in [-0.15, -0.1) is 11.6 Å². The molecule has 0 aliphatic heterocycles. The number of rotatable bonds is 5. The van der Waals surface area contributed by atoms with E-state index in [1.54, 1.807) is 12.5 Å². The summed E-state index contributed by atoms with van der Waals surface area (Å²) in [5.41, 5.74) is 2.12. The van der Waals surface area contributed by atoms with Crippen LogP contribution in [0.1, 0.15) is 12.1 Å². The van der Waals surface area contributed by atoms with E-state index in [1.165, 1.54) is 0 Å². The van der Waals surface area contributed by atoms with Gasteiger partial charge in [0.1, 0.15) is 6.33 Å². The maximum Gasteiger partial charge on any atom is 0.116 e. The van der Waals surface area contributed by atoms with E-state index in [9.17, 15) is 0 Å². The average molecular weight is 212 g/mol. The molecule has 4 heteroatoms. The van der Waals surface area contributed by atoms with Gasteiger partial charge in [0.15, 0.2) is 0 Å². The summed E-state index contributed by atoms with van der Waals surface area (Å²) in [7, 11) is 1.91. The van der Waals surface area contributed by atoms with Crippen LogP contribution in [0.15, 0.2) is 24.7 Å². The molecule has 0 bridgehead atoms. The second-order valence-electron chi connectivity index (χ2n) is 2.82. The highest BCUT2D eigenvalue weighted by Gasteiger charge is 2.00. The molecule has 14 heavy (non-hydrogen) atoms. The van der Waals surface area contributed by atoms with Gasteiger partial charge in [-0.3, -0.25) is 0 Å². The summed E-state index contributed by atoms with van der Waals surface area (Å²) < 4.78 is 0. The topological polar surface area (TPSA) is 37.8 Å². The first-order chi connectivity index (χ1) is 6.88. The van der Waals surface area contributed by atoms with Crippen LogP contribution in [0.5, 0.6) is 0 Å². The van der Waals surface area contributed by atoms with Crippen molar-refractivity contribution in [1.29, 1.82) is 0 Å². The fourth-order valence-corrected chi connectivity index (χ4v) is 1.35. The molecular weight excluding hydrogens is 198 g/mol. The van der Waals surface area contributed by atoms with Crippen LogP contribution in [-0.4, -0.2) is 29.4 Å². The number of nitrogens with zero attached hydrogens (tertiary/aromatic N) is 2. The third kappa shape index (κ3) is 3.44. The number of aromatic nitrogens is 2. The van der Waals surface area contributed by atoms with E-state index in [4.69, 9.17) is 11.6 Å². The number of nitrogens with one attached hydrogen (secondary N) is 1. The van der Waals surface area contributed by atoms with Crippen molar-refractivity contribution in [2.24, 2.45) is 0 Å². The predicted octanol–water partition coefficient (Wildman–Crippen LogP) is 1.71. The van der Waals surface area contributed by atoms with Gasteiger partial charge in [-0.05, 0) is 25.1 Å². The van der Waals surface area contributed by atoms with Gasteiger partial charge in [0.05, 0.1) is 5.69 Å². The Kier molecular flexibility index (Phi) is 5.19. The zero-order chi connectivity index (χ0) is 10.2. The minimum atomic E-state index is 0.611. The number of hydrogen-bond acceptors (Lipinski definition) is 3. The lowest BCUT2D eigenvalue weighted by Crippen LogP contribution is -2.05. The Morgan fingerprint density at radius 2 is 2.50 bits per heavy atom. The third-order valence-corrected chi connectivity index (χ3v) is 2.02. The summed E-state index contributed by atoms with van der Waals surface area (Å²) >= 11 is 5.72. The van der Waals surface area contributed by atoms with Crippen molar-refractivity contribution in [1.82, 2.24) is 15.3 Å². The molecule has 3 nitrogen and oxygen atoms in total. The maximum atomic E-state index is 5.72. The van der Waals surface area contributed by atoms with Gasteiger partial charge >= 0.3 is 0 Å². The Hall–Kier alpha value is -0.930. The normalized spacial score (nSPS) is 11.7. The standard InChI is InChI=1S/C10H14ClN3/c1-12-6-3-9(2-5-11)10-4-7-13-8-14-10/h3-4,7-8,12H,2,5-6H2,1H3/b9-3+. The molecule has 76 valence electrons. The summed E-state index contributed by atoms with van der Waals surface area (Å²) in [6.07, 6.45) is 6.23. The van der Waals surface area contributed by atoms with Gasteiger partial charge in [0.2, 0.25) is 0 Å². The lowest BCUT2D eigenvalue weighted by molar-refractivity contribution is 0.916. The molecule has 1 aromatic heterocycles. The first-order valence-electron chi connectivity index (χ1n) is 4.54. The quantitative estimate of drug-likeness (QED) is 0.754. The van der Waals surface area contributed by atoms with E-state index >= 15 is 0 Å². The van der Waals surface area contributed by atoms with Crippen LogP contribution in [0.2, 0.25) is 0 Å². The number of likely N-dealkylation sites (N-methyl/N-ethyl adjacent to an activating group) is 1. The second kappa shape index (κ2) is 6.51. The summed E-state index contributed by atoms with van der Waals surface area (Å²) in [5, 5.41) is 3.06. The molecule has 0 spiro atoms. The highest BCUT2D eigenvalue weighted by molar-refractivity contribution is 6.18. The van der Waals surface area contributed by atoms with Crippen molar-refractivity contribution in [2.75, 3.05) is 19.5 Å². The smallest absolute Gasteiger partial charge is 0.116 e. The molecule has 0 atom stereocenters. The van der Waals surface area contributed by atoms with Gasteiger partial charge in [0.25, 0.3) is 0 Å². The van der Waals surface area contributed by atoms with E-state index in [2.05, 4.69) is 21.4 Å². The molecule has 0 saturated heterocycles. The monoisotopic (exact) mass is 211 g/mol. The molecule has 0 aliphatic carbocycles. The SMILES string of the molecule is CNC/C=C(\CCCl)c1ccncn1. The highest BCUT2D eigenvalue weighted by Crippen LogP contribution is 2.14.